The Kier molecular flexibility index (Phi) is 6.30. The lowest BCUT2D eigenvalue weighted by Gasteiger charge is -2.32. The molecule has 0 bridgehead atoms. The third-order valence-electron chi connectivity index (χ3n) is 4.81. The maximum atomic E-state index is 12.4. The van der Waals surface area contributed by atoms with E-state index in [1.54, 1.807) is 12.1 Å². The van der Waals surface area contributed by atoms with E-state index >= 15 is 0 Å². The lowest BCUT2D eigenvalue weighted by Crippen LogP contribution is -2.47. The van der Waals surface area contributed by atoms with Gasteiger partial charge in [-0.15, -0.1) is 0 Å². The lowest BCUT2D eigenvalue weighted by atomic mass is 10.0. The number of carbonyl (C=O) groups is 2. The lowest BCUT2D eigenvalue weighted by molar-refractivity contribution is -0.132. The fraction of sp³-hybridized carbons (Fsp3) is 0.333. The van der Waals surface area contributed by atoms with Gasteiger partial charge in [0.15, 0.2) is 0 Å². The fourth-order valence-corrected chi connectivity index (χ4v) is 3.27. The van der Waals surface area contributed by atoms with Gasteiger partial charge in [-0.05, 0) is 43.0 Å². The van der Waals surface area contributed by atoms with Crippen molar-refractivity contribution in [3.8, 4) is 5.75 Å². The summed E-state index contributed by atoms with van der Waals surface area (Å²) in [5, 5.41) is 15.6. The molecule has 0 atom stereocenters. The highest BCUT2D eigenvalue weighted by Crippen LogP contribution is 2.19. The number of carbonyl (C=O) groups excluding carboxylic acids is 2. The number of urea groups is 1. The van der Waals surface area contributed by atoms with Gasteiger partial charge >= 0.3 is 6.03 Å². The highest BCUT2D eigenvalue weighted by Gasteiger charge is 2.23. The number of para-hydroxylation sites is 2. The summed E-state index contributed by atoms with van der Waals surface area (Å²) in [6.45, 7) is 1.27. The first-order valence-corrected chi connectivity index (χ1v) is 9.29. The van der Waals surface area contributed by atoms with Gasteiger partial charge in [-0.25, -0.2) is 4.79 Å². The highest BCUT2D eigenvalue weighted by atomic mass is 16.3. The van der Waals surface area contributed by atoms with E-state index in [1.165, 1.54) is 0 Å². The first-order valence-electron chi connectivity index (χ1n) is 9.29. The number of hydrogen-bond donors (Lipinski definition) is 3. The number of anilines is 1. The first kappa shape index (κ1) is 18.8. The molecule has 2 aromatic carbocycles. The van der Waals surface area contributed by atoms with Gasteiger partial charge in [0.2, 0.25) is 5.91 Å². The molecular weight excluding hydrogens is 342 g/mol. The minimum atomic E-state index is -0.217. The Hall–Kier alpha value is -3.02. The molecule has 6 heteroatoms. The van der Waals surface area contributed by atoms with Gasteiger partial charge in [-0.3, -0.25) is 4.79 Å². The maximum absolute atomic E-state index is 12.4. The molecule has 1 saturated heterocycles. The standard InChI is InChI=1S/C21H25N3O3/c25-19-9-5-4-6-16(19)10-11-20(26)24-14-12-18(13-15-24)23-21(27)22-17-7-2-1-3-8-17/h1-9,18,25H,10-15H2,(H2,22,23,27). The van der Waals surface area contributed by atoms with Gasteiger partial charge in [-0.1, -0.05) is 36.4 Å². The average molecular weight is 367 g/mol. The summed E-state index contributed by atoms with van der Waals surface area (Å²) in [6.07, 6.45) is 2.39. The summed E-state index contributed by atoms with van der Waals surface area (Å²) >= 11 is 0. The molecule has 0 aromatic heterocycles. The normalized spacial score (nSPS) is 14.6. The van der Waals surface area contributed by atoms with Crippen molar-refractivity contribution >= 4 is 17.6 Å². The molecule has 3 rings (SSSR count). The van der Waals surface area contributed by atoms with E-state index in [2.05, 4.69) is 10.6 Å². The Morgan fingerprint density at radius 1 is 1.00 bits per heavy atom. The number of piperidine rings is 1. The van der Waals surface area contributed by atoms with Crippen LogP contribution in [-0.2, 0) is 11.2 Å². The molecule has 1 fully saturated rings. The molecule has 0 spiro atoms. The minimum Gasteiger partial charge on any atom is -0.508 e. The molecule has 1 aliphatic rings. The molecule has 3 N–H and O–H groups in total. The predicted octanol–water partition coefficient (Wildman–Crippen LogP) is 3.14. The molecule has 0 aliphatic carbocycles. The third kappa shape index (κ3) is 5.48. The topological polar surface area (TPSA) is 81.7 Å². The molecule has 1 aliphatic heterocycles. The van der Waals surface area contributed by atoms with Gasteiger partial charge in [0.05, 0.1) is 0 Å². The molecular formula is C21H25N3O3. The van der Waals surface area contributed by atoms with Crippen LogP contribution in [0.3, 0.4) is 0 Å². The summed E-state index contributed by atoms with van der Waals surface area (Å²) in [7, 11) is 0. The molecule has 2 aromatic rings. The van der Waals surface area contributed by atoms with E-state index in [9.17, 15) is 14.7 Å². The number of benzene rings is 2. The van der Waals surface area contributed by atoms with Crippen molar-refractivity contribution < 1.29 is 14.7 Å². The molecule has 27 heavy (non-hydrogen) atoms. The fourth-order valence-electron chi connectivity index (χ4n) is 3.27. The average Bonchev–Trinajstić information content (AvgIpc) is 2.68. The van der Waals surface area contributed by atoms with Crippen LogP contribution in [0.2, 0.25) is 0 Å². The number of aryl methyl sites for hydroxylation is 1. The Labute approximate surface area is 159 Å². The molecule has 3 amide bonds. The smallest absolute Gasteiger partial charge is 0.319 e. The Morgan fingerprint density at radius 3 is 2.37 bits per heavy atom. The SMILES string of the molecule is O=C(Nc1ccccc1)NC1CCN(C(=O)CCc2ccccc2O)CC1. The van der Waals surface area contributed by atoms with E-state index in [1.807, 2.05) is 47.4 Å². The van der Waals surface area contributed by atoms with E-state index in [4.69, 9.17) is 0 Å². The third-order valence-corrected chi connectivity index (χ3v) is 4.81. The monoisotopic (exact) mass is 367 g/mol. The number of phenols is 1. The number of nitrogens with zero attached hydrogens (tertiary/aromatic N) is 1. The van der Waals surface area contributed by atoms with E-state index in [0.29, 0.717) is 25.9 Å². The van der Waals surface area contributed by atoms with E-state index in [-0.39, 0.29) is 23.7 Å². The predicted molar refractivity (Wildman–Crippen MR) is 105 cm³/mol. The summed E-state index contributed by atoms with van der Waals surface area (Å²) < 4.78 is 0. The van der Waals surface area contributed by atoms with Crippen LogP contribution in [0.25, 0.3) is 0 Å². The van der Waals surface area contributed by atoms with Gasteiger partial charge in [-0.2, -0.15) is 0 Å². The van der Waals surface area contributed by atoms with Gasteiger partial charge in [0.1, 0.15) is 5.75 Å². The Bertz CT molecular complexity index is 771. The second kappa shape index (κ2) is 9.07. The van der Waals surface area contributed by atoms with Gasteiger partial charge < -0.3 is 20.6 Å². The van der Waals surface area contributed by atoms with Crippen LogP contribution >= 0.6 is 0 Å². The van der Waals surface area contributed by atoms with Crippen molar-refractivity contribution in [2.24, 2.45) is 0 Å². The number of phenolic OH excluding ortho intramolecular Hbond substituents is 1. The van der Waals surface area contributed by atoms with Crippen LogP contribution in [0, 0.1) is 0 Å². The zero-order valence-corrected chi connectivity index (χ0v) is 15.2. The molecule has 0 radical (unpaired) electrons. The number of hydrogen-bond acceptors (Lipinski definition) is 3. The van der Waals surface area contributed by atoms with Crippen molar-refractivity contribution in [3.05, 3.63) is 60.2 Å². The molecule has 1 heterocycles. The number of aromatic hydroxyl groups is 1. The summed E-state index contributed by atoms with van der Waals surface area (Å²) in [4.78, 5) is 26.3. The molecule has 0 saturated carbocycles. The molecule has 0 unspecified atom stereocenters. The summed E-state index contributed by atoms with van der Waals surface area (Å²) in [6, 6.07) is 16.3. The summed E-state index contributed by atoms with van der Waals surface area (Å²) in [5.74, 6) is 0.322. The van der Waals surface area contributed by atoms with Crippen molar-refractivity contribution in [3.63, 3.8) is 0 Å². The van der Waals surface area contributed by atoms with Gasteiger partial charge in [0, 0.05) is 31.2 Å². The van der Waals surface area contributed by atoms with Crippen LogP contribution in [0.1, 0.15) is 24.8 Å². The number of likely N-dealkylation sites (tertiary alicyclic amines) is 1. The Balaban J connectivity index is 1.40. The van der Waals surface area contributed by atoms with Crippen molar-refractivity contribution in [1.29, 1.82) is 0 Å². The highest BCUT2D eigenvalue weighted by molar-refractivity contribution is 5.89. The van der Waals surface area contributed by atoms with Crippen LogP contribution in [0.5, 0.6) is 5.75 Å². The zero-order chi connectivity index (χ0) is 19.1. The van der Waals surface area contributed by atoms with E-state index in [0.717, 1.165) is 24.1 Å². The number of nitrogens with one attached hydrogen (secondary N) is 2. The zero-order valence-electron chi connectivity index (χ0n) is 15.2. The minimum absolute atomic E-state index is 0.0657. The number of amides is 3. The van der Waals surface area contributed by atoms with Gasteiger partial charge in [0.25, 0.3) is 0 Å². The van der Waals surface area contributed by atoms with Crippen LogP contribution in [0.15, 0.2) is 54.6 Å². The second-order valence-electron chi connectivity index (χ2n) is 6.75. The van der Waals surface area contributed by atoms with Crippen LogP contribution < -0.4 is 10.6 Å². The van der Waals surface area contributed by atoms with Crippen molar-refractivity contribution in [2.75, 3.05) is 18.4 Å². The first-order chi connectivity index (χ1) is 13.1. The largest absolute Gasteiger partial charge is 0.508 e. The quantitative estimate of drug-likeness (QED) is 0.759. The second-order valence-corrected chi connectivity index (χ2v) is 6.75. The summed E-state index contributed by atoms with van der Waals surface area (Å²) in [5.41, 5.74) is 1.55. The van der Waals surface area contributed by atoms with Crippen molar-refractivity contribution in [2.45, 2.75) is 31.7 Å². The Morgan fingerprint density at radius 2 is 1.67 bits per heavy atom. The van der Waals surface area contributed by atoms with Crippen molar-refractivity contribution in [1.82, 2.24) is 10.2 Å². The van der Waals surface area contributed by atoms with E-state index < -0.39 is 0 Å². The van der Waals surface area contributed by atoms with Crippen LogP contribution in [0.4, 0.5) is 10.5 Å². The number of rotatable bonds is 5. The van der Waals surface area contributed by atoms with Crippen LogP contribution in [-0.4, -0.2) is 41.1 Å². The maximum Gasteiger partial charge on any atom is 0.319 e. The molecule has 142 valence electrons. The molecule has 6 nitrogen and oxygen atoms in total.